The largest absolute Gasteiger partial charge is 0.479 e. The van der Waals surface area contributed by atoms with E-state index in [-0.39, 0.29) is 12.3 Å². The Morgan fingerprint density at radius 1 is 1.10 bits per heavy atom. The third kappa shape index (κ3) is 5.22. The van der Waals surface area contributed by atoms with Gasteiger partial charge in [-0.15, -0.1) is 0 Å². The summed E-state index contributed by atoms with van der Waals surface area (Å²) in [5.74, 6) is -2.45. The molecule has 3 aromatic rings. The number of hydrazine groups is 1. The lowest BCUT2D eigenvalue weighted by atomic mass is 10.0. The first-order chi connectivity index (χ1) is 14.2. The summed E-state index contributed by atoms with van der Waals surface area (Å²) in [5, 5.41) is 22.6. The Morgan fingerprint density at radius 3 is 2.30 bits per heavy atom. The van der Waals surface area contributed by atoms with Crippen LogP contribution in [0.4, 0.5) is 0 Å². The van der Waals surface area contributed by atoms with Gasteiger partial charge >= 0.3 is 11.9 Å². The molecule has 30 heavy (non-hydrogen) atoms. The van der Waals surface area contributed by atoms with Crippen LogP contribution in [0.5, 0.6) is 0 Å². The number of aliphatic hydroxyl groups is 1. The van der Waals surface area contributed by atoms with Crippen LogP contribution >= 0.6 is 0 Å². The average molecular weight is 411 g/mol. The maximum atomic E-state index is 12.3. The number of carbonyl (C=O) groups is 2. The van der Waals surface area contributed by atoms with Gasteiger partial charge in [0, 0.05) is 6.54 Å². The molecule has 0 spiro atoms. The van der Waals surface area contributed by atoms with Crippen LogP contribution in [-0.4, -0.2) is 44.4 Å². The molecule has 0 bridgehead atoms. The van der Waals surface area contributed by atoms with Crippen molar-refractivity contribution >= 4 is 11.9 Å². The lowest BCUT2D eigenvalue weighted by molar-refractivity contribution is -0.159. The number of carboxylic acid groups (broad SMARTS) is 1. The quantitative estimate of drug-likeness (QED) is 0.414. The summed E-state index contributed by atoms with van der Waals surface area (Å²) in [6.45, 7) is 0.839. The van der Waals surface area contributed by atoms with Gasteiger partial charge in [0.2, 0.25) is 5.76 Å². The van der Waals surface area contributed by atoms with Gasteiger partial charge in [0.05, 0.1) is 12.6 Å². The van der Waals surface area contributed by atoms with E-state index in [9.17, 15) is 24.6 Å². The minimum absolute atomic E-state index is 0.110. The minimum Gasteiger partial charge on any atom is -0.479 e. The maximum Gasteiger partial charge on any atom is 0.336 e. The highest BCUT2D eigenvalue weighted by molar-refractivity contribution is 5.90. The smallest absolute Gasteiger partial charge is 0.336 e. The van der Waals surface area contributed by atoms with E-state index in [1.807, 2.05) is 59.8 Å². The van der Waals surface area contributed by atoms with E-state index in [0.29, 0.717) is 0 Å². The van der Waals surface area contributed by atoms with Crippen molar-refractivity contribution in [2.75, 3.05) is 6.54 Å². The highest BCUT2D eigenvalue weighted by atomic mass is 16.5. The summed E-state index contributed by atoms with van der Waals surface area (Å²) in [5.41, 5.74) is 2.59. The number of aliphatic carboxylic acids is 1. The lowest BCUT2D eigenvalue weighted by Gasteiger charge is -2.28. The number of hydrogen-bond donors (Lipinski definition) is 4. The van der Waals surface area contributed by atoms with Gasteiger partial charge in [0.1, 0.15) is 0 Å². The topological polar surface area (TPSA) is 136 Å². The Bertz CT molecular complexity index is 1070. The van der Waals surface area contributed by atoms with E-state index in [1.165, 1.54) is 5.01 Å². The first kappa shape index (κ1) is 21.0. The zero-order chi connectivity index (χ0) is 21.7. The highest BCUT2D eigenvalue weighted by Crippen LogP contribution is 2.20. The van der Waals surface area contributed by atoms with E-state index in [4.69, 9.17) is 4.52 Å². The van der Waals surface area contributed by atoms with Crippen LogP contribution in [0.3, 0.4) is 0 Å². The van der Waals surface area contributed by atoms with Gasteiger partial charge in [-0.25, -0.2) is 9.80 Å². The molecule has 9 heteroatoms. The van der Waals surface area contributed by atoms with Crippen LogP contribution in [0.15, 0.2) is 70.0 Å². The van der Waals surface area contributed by atoms with Crippen LogP contribution in [0.25, 0.3) is 11.1 Å². The van der Waals surface area contributed by atoms with Crippen molar-refractivity contribution in [2.24, 2.45) is 0 Å². The molecule has 0 radical (unpaired) electrons. The van der Waals surface area contributed by atoms with Crippen LogP contribution in [0, 0.1) is 0 Å². The second-order valence-electron chi connectivity index (χ2n) is 7.02. The van der Waals surface area contributed by atoms with E-state index in [0.717, 1.165) is 29.7 Å². The molecule has 0 aliphatic rings. The lowest BCUT2D eigenvalue weighted by Crippen LogP contribution is -2.52. The molecule has 2 aromatic carbocycles. The number of aromatic amines is 1. The number of carbonyl (C=O) groups excluding carboxylic acids is 1. The molecule has 1 aromatic heterocycles. The summed E-state index contributed by atoms with van der Waals surface area (Å²) >= 11 is 0. The van der Waals surface area contributed by atoms with E-state index in [2.05, 4.69) is 5.43 Å². The van der Waals surface area contributed by atoms with Gasteiger partial charge < -0.3 is 14.7 Å². The summed E-state index contributed by atoms with van der Waals surface area (Å²) < 4.78 is 4.76. The van der Waals surface area contributed by atoms with Crippen LogP contribution in [-0.2, 0) is 11.3 Å². The molecular weight excluding hydrogens is 390 g/mol. The molecule has 1 amide bonds. The minimum atomic E-state index is -2.11. The van der Waals surface area contributed by atoms with Crippen molar-refractivity contribution in [3.63, 3.8) is 0 Å². The fourth-order valence-corrected chi connectivity index (χ4v) is 2.82. The average Bonchev–Trinajstić information content (AvgIpc) is 3.15. The van der Waals surface area contributed by atoms with Crippen LogP contribution in [0.2, 0.25) is 0 Å². The molecular formula is C21H21N3O6. The summed E-state index contributed by atoms with van der Waals surface area (Å²) in [6, 6.07) is 18.2. The monoisotopic (exact) mass is 411 g/mol. The molecule has 1 unspecified atom stereocenters. The standard InChI is InChI=1S/C21H21N3O6/c1-21(29,20(27)28)13-24(22-19(26)17-11-18(25)23-30-17)12-14-7-9-16(10-8-14)15-5-3-2-4-6-15/h2-11,29H,12-13H2,1H3,(H,22,26)(H,23,25)(H,27,28). The third-order valence-electron chi connectivity index (χ3n) is 4.40. The number of benzene rings is 2. The molecule has 0 fully saturated rings. The molecule has 0 aliphatic heterocycles. The normalized spacial score (nSPS) is 13.0. The van der Waals surface area contributed by atoms with Gasteiger partial charge in [-0.1, -0.05) is 54.6 Å². The Balaban J connectivity index is 1.78. The molecule has 156 valence electrons. The Kier molecular flexibility index (Phi) is 6.14. The van der Waals surface area contributed by atoms with Crippen molar-refractivity contribution in [1.29, 1.82) is 0 Å². The van der Waals surface area contributed by atoms with E-state index < -0.39 is 29.6 Å². The second-order valence-corrected chi connectivity index (χ2v) is 7.02. The van der Waals surface area contributed by atoms with Gasteiger partial charge in [0.25, 0.3) is 5.56 Å². The first-order valence-electron chi connectivity index (χ1n) is 9.09. The zero-order valence-electron chi connectivity index (χ0n) is 16.2. The molecule has 0 saturated carbocycles. The number of rotatable bonds is 8. The third-order valence-corrected chi connectivity index (χ3v) is 4.40. The van der Waals surface area contributed by atoms with Crippen molar-refractivity contribution in [2.45, 2.75) is 19.1 Å². The van der Waals surface area contributed by atoms with Gasteiger partial charge in [-0.2, -0.15) is 5.16 Å². The van der Waals surface area contributed by atoms with Crippen molar-refractivity contribution in [3.8, 4) is 11.1 Å². The Hall–Kier alpha value is -3.69. The van der Waals surface area contributed by atoms with Crippen molar-refractivity contribution in [1.82, 2.24) is 15.6 Å². The number of H-pyrrole nitrogens is 1. The molecule has 4 N–H and O–H groups in total. The predicted octanol–water partition coefficient (Wildman–Crippen LogP) is 1.62. The Labute approximate surface area is 171 Å². The molecule has 1 heterocycles. The van der Waals surface area contributed by atoms with Crippen LogP contribution < -0.4 is 11.0 Å². The zero-order valence-corrected chi connectivity index (χ0v) is 16.2. The van der Waals surface area contributed by atoms with Crippen LogP contribution in [0.1, 0.15) is 23.0 Å². The first-order valence-corrected chi connectivity index (χ1v) is 9.09. The van der Waals surface area contributed by atoms with Crippen molar-refractivity contribution in [3.05, 3.63) is 82.3 Å². The molecule has 3 rings (SSSR count). The number of nitrogens with one attached hydrogen (secondary N) is 2. The highest BCUT2D eigenvalue weighted by Gasteiger charge is 2.33. The van der Waals surface area contributed by atoms with Gasteiger partial charge in [-0.3, -0.25) is 15.0 Å². The summed E-state index contributed by atoms with van der Waals surface area (Å²) in [6.07, 6.45) is 0. The number of hydrogen-bond acceptors (Lipinski definition) is 6. The number of nitrogens with zero attached hydrogens (tertiary/aromatic N) is 1. The Morgan fingerprint density at radius 2 is 1.73 bits per heavy atom. The number of amides is 1. The maximum absolute atomic E-state index is 12.3. The van der Waals surface area contributed by atoms with Gasteiger partial charge in [-0.05, 0) is 23.6 Å². The molecule has 0 aliphatic carbocycles. The van der Waals surface area contributed by atoms with E-state index in [1.54, 1.807) is 0 Å². The van der Waals surface area contributed by atoms with E-state index >= 15 is 0 Å². The molecule has 1 atom stereocenters. The number of aromatic nitrogens is 1. The number of carboxylic acids is 1. The molecule has 9 nitrogen and oxygen atoms in total. The molecule has 0 saturated heterocycles. The summed E-state index contributed by atoms with van der Waals surface area (Å²) in [7, 11) is 0. The van der Waals surface area contributed by atoms with Crippen molar-refractivity contribution < 1.29 is 24.3 Å². The summed E-state index contributed by atoms with van der Waals surface area (Å²) in [4.78, 5) is 34.8. The second kappa shape index (κ2) is 8.76. The fraction of sp³-hybridized carbons (Fsp3) is 0.190. The van der Waals surface area contributed by atoms with Gasteiger partial charge in [0.15, 0.2) is 5.60 Å². The predicted molar refractivity (Wildman–Crippen MR) is 107 cm³/mol. The fourth-order valence-electron chi connectivity index (χ4n) is 2.82. The SMILES string of the molecule is CC(O)(CN(Cc1ccc(-c2ccccc2)cc1)NC(=O)c1cc(=O)[nH]o1)C(=O)O.